The largest absolute Gasteiger partial charge is 0.484 e. The molecule has 0 aliphatic rings. The van der Waals surface area contributed by atoms with E-state index in [2.05, 4.69) is 15.6 Å². The number of primary amides is 1. The van der Waals surface area contributed by atoms with Gasteiger partial charge in [0.05, 0.1) is 0 Å². The van der Waals surface area contributed by atoms with Crippen molar-refractivity contribution in [1.82, 2.24) is 10.6 Å². The number of carbonyl (C=O) groups is 1. The number of amides is 1. The van der Waals surface area contributed by atoms with E-state index >= 15 is 0 Å². The lowest BCUT2D eigenvalue weighted by atomic mass is 10.1. The third kappa shape index (κ3) is 8.72. The molecule has 27 heavy (non-hydrogen) atoms. The summed E-state index contributed by atoms with van der Waals surface area (Å²) < 4.78 is 18.2. The summed E-state index contributed by atoms with van der Waals surface area (Å²) in [4.78, 5) is 14.9. The number of rotatable bonds is 8. The minimum absolute atomic E-state index is 0. The maximum absolute atomic E-state index is 12.9. The molecule has 0 fully saturated rings. The van der Waals surface area contributed by atoms with Crippen molar-refractivity contribution < 1.29 is 13.9 Å². The van der Waals surface area contributed by atoms with Gasteiger partial charge in [-0.1, -0.05) is 24.3 Å². The quantitative estimate of drug-likeness (QED) is 0.304. The fourth-order valence-electron chi connectivity index (χ4n) is 2.28. The number of aliphatic imine (C=N–C) groups is 1. The van der Waals surface area contributed by atoms with Crippen LogP contribution in [0.25, 0.3) is 0 Å². The van der Waals surface area contributed by atoms with Crippen LogP contribution in [0.15, 0.2) is 53.5 Å². The Hall–Kier alpha value is -2.36. The number of ether oxygens (including phenoxy) is 1. The van der Waals surface area contributed by atoms with Gasteiger partial charge in [0.1, 0.15) is 11.6 Å². The average molecular weight is 486 g/mol. The molecule has 6 nitrogen and oxygen atoms in total. The molecular formula is C19H24FIN4O2. The highest BCUT2D eigenvalue weighted by Gasteiger charge is 2.02. The van der Waals surface area contributed by atoms with Crippen LogP contribution in [-0.4, -0.2) is 32.1 Å². The maximum Gasteiger partial charge on any atom is 0.255 e. The van der Waals surface area contributed by atoms with Crippen LogP contribution in [0, 0.1) is 5.82 Å². The van der Waals surface area contributed by atoms with E-state index in [0.717, 1.165) is 17.5 Å². The topological polar surface area (TPSA) is 88.7 Å². The molecule has 0 aliphatic heterocycles. The number of nitrogens with two attached hydrogens (primary N) is 1. The van der Waals surface area contributed by atoms with Crippen LogP contribution < -0.4 is 21.1 Å². The molecule has 0 saturated heterocycles. The van der Waals surface area contributed by atoms with Gasteiger partial charge in [-0.3, -0.25) is 9.79 Å². The highest BCUT2D eigenvalue weighted by atomic mass is 127. The van der Waals surface area contributed by atoms with Crippen molar-refractivity contribution in [2.45, 2.75) is 13.0 Å². The Bertz CT molecular complexity index is 754. The van der Waals surface area contributed by atoms with Crippen molar-refractivity contribution in [2.75, 3.05) is 20.2 Å². The molecule has 2 aromatic rings. The molecule has 0 aliphatic carbocycles. The summed E-state index contributed by atoms with van der Waals surface area (Å²) in [5, 5.41) is 6.42. The highest BCUT2D eigenvalue weighted by molar-refractivity contribution is 14.0. The molecule has 0 radical (unpaired) electrons. The molecule has 0 atom stereocenters. The molecule has 2 aromatic carbocycles. The molecule has 4 N–H and O–H groups in total. The highest BCUT2D eigenvalue weighted by Crippen LogP contribution is 2.13. The first kappa shape index (κ1) is 22.7. The number of nitrogens with one attached hydrogen (secondary N) is 2. The van der Waals surface area contributed by atoms with Crippen LogP contribution in [0.2, 0.25) is 0 Å². The fraction of sp³-hybridized carbons (Fsp3) is 0.263. The van der Waals surface area contributed by atoms with E-state index in [0.29, 0.717) is 24.8 Å². The summed E-state index contributed by atoms with van der Waals surface area (Å²) >= 11 is 0. The number of carbonyl (C=O) groups excluding carboxylic acids is 1. The molecule has 0 heterocycles. The second kappa shape index (κ2) is 12.1. The maximum atomic E-state index is 12.9. The Morgan fingerprint density at radius 3 is 2.56 bits per heavy atom. The summed E-state index contributed by atoms with van der Waals surface area (Å²) in [6.07, 6.45) is 0.761. The first-order valence-corrected chi connectivity index (χ1v) is 8.26. The predicted molar refractivity (Wildman–Crippen MR) is 115 cm³/mol. The van der Waals surface area contributed by atoms with Gasteiger partial charge in [0, 0.05) is 20.1 Å². The summed E-state index contributed by atoms with van der Waals surface area (Å²) in [6, 6.07) is 13.8. The van der Waals surface area contributed by atoms with Gasteiger partial charge in [-0.25, -0.2) is 4.39 Å². The van der Waals surface area contributed by atoms with E-state index in [1.807, 2.05) is 18.2 Å². The van der Waals surface area contributed by atoms with Gasteiger partial charge >= 0.3 is 0 Å². The van der Waals surface area contributed by atoms with Crippen molar-refractivity contribution >= 4 is 35.8 Å². The molecule has 0 bridgehead atoms. The monoisotopic (exact) mass is 486 g/mol. The summed E-state index contributed by atoms with van der Waals surface area (Å²) in [5.41, 5.74) is 7.10. The summed E-state index contributed by atoms with van der Waals surface area (Å²) in [7, 11) is 1.69. The zero-order valence-corrected chi connectivity index (χ0v) is 17.4. The number of hydrogen-bond acceptors (Lipinski definition) is 3. The fourth-order valence-corrected chi connectivity index (χ4v) is 2.28. The lowest BCUT2D eigenvalue weighted by Gasteiger charge is -2.12. The van der Waals surface area contributed by atoms with Gasteiger partial charge in [0.25, 0.3) is 5.91 Å². The second-order valence-corrected chi connectivity index (χ2v) is 5.63. The molecule has 0 saturated carbocycles. The lowest BCUT2D eigenvalue weighted by molar-refractivity contribution is -0.119. The van der Waals surface area contributed by atoms with E-state index in [-0.39, 0.29) is 36.4 Å². The predicted octanol–water partition coefficient (Wildman–Crippen LogP) is 2.22. The van der Waals surface area contributed by atoms with Gasteiger partial charge in [0.2, 0.25) is 0 Å². The van der Waals surface area contributed by atoms with E-state index in [9.17, 15) is 9.18 Å². The van der Waals surface area contributed by atoms with Gasteiger partial charge in [-0.05, 0) is 41.8 Å². The molecule has 146 valence electrons. The van der Waals surface area contributed by atoms with Crippen molar-refractivity contribution in [3.05, 3.63) is 65.5 Å². The smallest absolute Gasteiger partial charge is 0.255 e. The number of nitrogens with zero attached hydrogens (tertiary/aromatic N) is 1. The lowest BCUT2D eigenvalue weighted by Crippen LogP contribution is -2.37. The van der Waals surface area contributed by atoms with Crippen LogP contribution in [0.3, 0.4) is 0 Å². The van der Waals surface area contributed by atoms with Crippen molar-refractivity contribution in [1.29, 1.82) is 0 Å². The SMILES string of the molecule is CN=C(NCCc1ccc(F)cc1)NCc1cccc(OCC(N)=O)c1.I. The molecule has 0 aromatic heterocycles. The Balaban J connectivity index is 0.00000364. The van der Waals surface area contributed by atoms with Crippen molar-refractivity contribution in [2.24, 2.45) is 10.7 Å². The molecule has 0 spiro atoms. The summed E-state index contributed by atoms with van der Waals surface area (Å²) in [6.45, 7) is 1.07. The first-order valence-electron chi connectivity index (χ1n) is 8.26. The molecule has 0 unspecified atom stereocenters. The van der Waals surface area contributed by atoms with Gasteiger partial charge in [-0.2, -0.15) is 0 Å². The Morgan fingerprint density at radius 1 is 1.15 bits per heavy atom. The molecule has 2 rings (SSSR count). The summed E-state index contributed by atoms with van der Waals surface area (Å²) in [5.74, 6) is 0.499. The first-order chi connectivity index (χ1) is 12.6. The average Bonchev–Trinajstić information content (AvgIpc) is 2.64. The van der Waals surface area contributed by atoms with Crippen LogP contribution in [-0.2, 0) is 17.8 Å². The van der Waals surface area contributed by atoms with Gasteiger partial charge in [-0.15, -0.1) is 24.0 Å². The number of benzene rings is 2. The van der Waals surface area contributed by atoms with E-state index in [1.54, 1.807) is 25.2 Å². The minimum Gasteiger partial charge on any atom is -0.484 e. The minimum atomic E-state index is -0.515. The molecule has 8 heteroatoms. The van der Waals surface area contributed by atoms with Crippen LogP contribution in [0.4, 0.5) is 4.39 Å². The standard InChI is InChI=1S/C19H23FN4O2.HI/c1-22-19(23-10-9-14-5-7-16(20)8-6-14)24-12-15-3-2-4-17(11-15)26-13-18(21)25;/h2-8,11H,9-10,12-13H2,1H3,(H2,21,25)(H2,22,23,24);1H. The van der Waals surface area contributed by atoms with Crippen LogP contribution in [0.5, 0.6) is 5.75 Å². The van der Waals surface area contributed by atoms with E-state index in [4.69, 9.17) is 10.5 Å². The van der Waals surface area contributed by atoms with Crippen molar-refractivity contribution in [3.8, 4) is 5.75 Å². The molecule has 1 amide bonds. The van der Waals surface area contributed by atoms with Gasteiger partial charge in [0.15, 0.2) is 12.6 Å². The molecular weight excluding hydrogens is 462 g/mol. The van der Waals surface area contributed by atoms with Crippen LogP contribution in [0.1, 0.15) is 11.1 Å². The zero-order chi connectivity index (χ0) is 18.8. The Kier molecular flexibility index (Phi) is 10.2. The third-order valence-corrected chi connectivity index (χ3v) is 3.58. The number of guanidine groups is 1. The Morgan fingerprint density at radius 2 is 1.89 bits per heavy atom. The number of halogens is 2. The second-order valence-electron chi connectivity index (χ2n) is 5.63. The van der Waals surface area contributed by atoms with Gasteiger partial charge < -0.3 is 21.1 Å². The van der Waals surface area contributed by atoms with Crippen molar-refractivity contribution in [3.63, 3.8) is 0 Å². The Labute approximate surface area is 175 Å². The normalized spacial score (nSPS) is 10.7. The third-order valence-electron chi connectivity index (χ3n) is 3.58. The van der Waals surface area contributed by atoms with Crippen LogP contribution >= 0.6 is 24.0 Å². The number of hydrogen-bond donors (Lipinski definition) is 3. The van der Waals surface area contributed by atoms with E-state index in [1.165, 1.54) is 12.1 Å². The van der Waals surface area contributed by atoms with E-state index < -0.39 is 5.91 Å². The zero-order valence-electron chi connectivity index (χ0n) is 15.1.